The average Bonchev–Trinajstić information content (AvgIpc) is 2.91. The first kappa shape index (κ1) is 15.8. The van der Waals surface area contributed by atoms with Crippen molar-refractivity contribution in [3.8, 4) is 0 Å². The molecule has 1 aromatic heterocycles. The number of rotatable bonds is 7. The first-order valence-electron chi connectivity index (χ1n) is 6.85. The lowest BCUT2D eigenvalue weighted by Crippen LogP contribution is -2.24. The third kappa shape index (κ3) is 4.72. The predicted molar refractivity (Wildman–Crippen MR) is 93.1 cm³/mol. The van der Waals surface area contributed by atoms with Gasteiger partial charge in [0.1, 0.15) is 0 Å². The molecule has 0 spiro atoms. The second kappa shape index (κ2) is 8.00. The van der Waals surface area contributed by atoms with E-state index in [1.807, 2.05) is 24.4 Å². The van der Waals surface area contributed by atoms with Crippen molar-refractivity contribution in [3.63, 3.8) is 0 Å². The standard InChI is InChI=1S/C15H19ClN4S/c1-3-20(9-8-16)14-6-4-13(5-7-14)10-17-19-15-18-12(2)11-21-15/h4-7,10-11H,3,8-9H2,1-2H3,(H,18,19). The Labute approximate surface area is 134 Å². The van der Waals surface area contributed by atoms with Gasteiger partial charge in [-0.3, -0.25) is 5.43 Å². The highest BCUT2D eigenvalue weighted by atomic mass is 35.5. The van der Waals surface area contributed by atoms with E-state index in [4.69, 9.17) is 11.6 Å². The first-order chi connectivity index (χ1) is 10.2. The van der Waals surface area contributed by atoms with Crippen LogP contribution in [-0.2, 0) is 0 Å². The number of aryl methyl sites for hydroxylation is 1. The minimum Gasteiger partial charge on any atom is -0.371 e. The van der Waals surface area contributed by atoms with Crippen molar-refractivity contribution >= 4 is 40.0 Å². The Morgan fingerprint density at radius 2 is 2.14 bits per heavy atom. The smallest absolute Gasteiger partial charge is 0.203 e. The summed E-state index contributed by atoms with van der Waals surface area (Å²) in [6, 6.07) is 8.27. The summed E-state index contributed by atoms with van der Waals surface area (Å²) in [5, 5.41) is 6.99. The fourth-order valence-electron chi connectivity index (χ4n) is 1.91. The molecule has 0 fully saturated rings. The molecule has 1 heterocycles. The van der Waals surface area contributed by atoms with E-state index in [0.717, 1.165) is 29.5 Å². The van der Waals surface area contributed by atoms with E-state index < -0.39 is 0 Å². The van der Waals surface area contributed by atoms with Gasteiger partial charge in [-0.25, -0.2) is 4.98 Å². The third-order valence-electron chi connectivity index (χ3n) is 2.99. The van der Waals surface area contributed by atoms with Gasteiger partial charge in [0.25, 0.3) is 0 Å². The van der Waals surface area contributed by atoms with Gasteiger partial charge in [0, 0.05) is 30.0 Å². The van der Waals surface area contributed by atoms with Crippen LogP contribution in [0.1, 0.15) is 18.2 Å². The summed E-state index contributed by atoms with van der Waals surface area (Å²) in [5.41, 5.74) is 6.16. The van der Waals surface area contributed by atoms with Crippen molar-refractivity contribution in [1.82, 2.24) is 4.98 Å². The molecule has 0 aliphatic rings. The highest BCUT2D eigenvalue weighted by molar-refractivity contribution is 7.13. The molecule has 2 rings (SSSR count). The topological polar surface area (TPSA) is 40.5 Å². The Morgan fingerprint density at radius 1 is 1.38 bits per heavy atom. The summed E-state index contributed by atoms with van der Waals surface area (Å²) in [6.45, 7) is 5.90. The Bertz CT molecular complexity index is 580. The predicted octanol–water partition coefficient (Wildman–Crippen LogP) is 3.96. The van der Waals surface area contributed by atoms with Crippen LogP contribution in [0.25, 0.3) is 0 Å². The van der Waals surface area contributed by atoms with Crippen LogP contribution in [0.5, 0.6) is 0 Å². The SMILES string of the molecule is CCN(CCCl)c1ccc(C=NNc2nc(C)cs2)cc1. The second-order valence-electron chi connectivity index (χ2n) is 4.52. The number of thiazole rings is 1. The van der Waals surface area contributed by atoms with Crippen LogP contribution in [0.4, 0.5) is 10.8 Å². The second-order valence-corrected chi connectivity index (χ2v) is 5.76. The molecule has 21 heavy (non-hydrogen) atoms. The summed E-state index contributed by atoms with van der Waals surface area (Å²) >= 11 is 7.35. The third-order valence-corrected chi connectivity index (χ3v) is 4.02. The van der Waals surface area contributed by atoms with Gasteiger partial charge in [0.05, 0.1) is 11.9 Å². The van der Waals surface area contributed by atoms with Gasteiger partial charge < -0.3 is 4.90 Å². The van der Waals surface area contributed by atoms with E-state index in [2.05, 4.69) is 39.5 Å². The maximum atomic E-state index is 5.81. The summed E-state index contributed by atoms with van der Waals surface area (Å²) < 4.78 is 0. The number of alkyl halides is 1. The van der Waals surface area contributed by atoms with E-state index in [0.29, 0.717) is 5.88 Å². The normalized spacial score (nSPS) is 11.0. The van der Waals surface area contributed by atoms with Gasteiger partial charge in [0.15, 0.2) is 0 Å². The molecule has 0 unspecified atom stereocenters. The summed E-state index contributed by atoms with van der Waals surface area (Å²) in [5.74, 6) is 0.633. The fourth-order valence-corrected chi connectivity index (χ4v) is 2.75. The molecule has 6 heteroatoms. The lowest BCUT2D eigenvalue weighted by atomic mass is 10.2. The van der Waals surface area contributed by atoms with Crippen LogP contribution in [0, 0.1) is 6.92 Å². The molecule has 1 N–H and O–H groups in total. The summed E-state index contributed by atoms with van der Waals surface area (Å²) in [6.07, 6.45) is 1.79. The zero-order valence-corrected chi connectivity index (χ0v) is 13.8. The number of halogens is 1. The Balaban J connectivity index is 1.95. The maximum Gasteiger partial charge on any atom is 0.203 e. The van der Waals surface area contributed by atoms with Crippen molar-refractivity contribution in [3.05, 3.63) is 40.9 Å². The molecule has 0 aliphatic heterocycles. The molecule has 0 saturated carbocycles. The van der Waals surface area contributed by atoms with Crippen LogP contribution in [-0.4, -0.2) is 30.2 Å². The molecular weight excluding hydrogens is 304 g/mol. The van der Waals surface area contributed by atoms with Gasteiger partial charge in [-0.15, -0.1) is 22.9 Å². The van der Waals surface area contributed by atoms with Crippen molar-refractivity contribution in [2.24, 2.45) is 5.10 Å². The first-order valence-corrected chi connectivity index (χ1v) is 8.26. The molecule has 0 bridgehead atoms. The lowest BCUT2D eigenvalue weighted by molar-refractivity contribution is 0.870. The number of hydrogen-bond donors (Lipinski definition) is 1. The molecule has 0 radical (unpaired) electrons. The van der Waals surface area contributed by atoms with E-state index in [1.165, 1.54) is 5.69 Å². The van der Waals surface area contributed by atoms with Crippen LogP contribution in [0.3, 0.4) is 0 Å². The summed E-state index contributed by atoms with van der Waals surface area (Å²) in [7, 11) is 0. The highest BCUT2D eigenvalue weighted by Crippen LogP contribution is 2.15. The van der Waals surface area contributed by atoms with E-state index in [-0.39, 0.29) is 0 Å². The van der Waals surface area contributed by atoms with Crippen LogP contribution in [0.2, 0.25) is 0 Å². The van der Waals surface area contributed by atoms with Gasteiger partial charge in [0.2, 0.25) is 5.13 Å². The van der Waals surface area contributed by atoms with E-state index in [1.54, 1.807) is 17.6 Å². The molecule has 1 aromatic carbocycles. The van der Waals surface area contributed by atoms with Crippen LogP contribution >= 0.6 is 22.9 Å². The highest BCUT2D eigenvalue weighted by Gasteiger charge is 2.02. The number of hydrazone groups is 1. The molecule has 0 aliphatic carbocycles. The van der Waals surface area contributed by atoms with Gasteiger partial charge in [-0.1, -0.05) is 12.1 Å². The number of benzene rings is 1. The van der Waals surface area contributed by atoms with Crippen molar-refractivity contribution in [2.45, 2.75) is 13.8 Å². The molecule has 2 aromatic rings. The van der Waals surface area contributed by atoms with Crippen molar-refractivity contribution < 1.29 is 0 Å². The fraction of sp³-hybridized carbons (Fsp3) is 0.333. The lowest BCUT2D eigenvalue weighted by Gasteiger charge is -2.21. The number of aromatic nitrogens is 1. The number of anilines is 2. The molecule has 0 atom stereocenters. The van der Waals surface area contributed by atoms with Gasteiger partial charge in [-0.05, 0) is 31.5 Å². The molecular formula is C15H19ClN4S. The Hall–Kier alpha value is -1.59. The molecule has 0 saturated heterocycles. The van der Waals surface area contributed by atoms with Gasteiger partial charge in [-0.2, -0.15) is 5.10 Å². The van der Waals surface area contributed by atoms with E-state index in [9.17, 15) is 0 Å². The number of nitrogens with one attached hydrogen (secondary N) is 1. The maximum absolute atomic E-state index is 5.81. The monoisotopic (exact) mass is 322 g/mol. The Kier molecular flexibility index (Phi) is 6.02. The number of hydrogen-bond acceptors (Lipinski definition) is 5. The van der Waals surface area contributed by atoms with Crippen molar-refractivity contribution in [2.75, 3.05) is 29.3 Å². The van der Waals surface area contributed by atoms with Crippen LogP contribution < -0.4 is 10.3 Å². The van der Waals surface area contributed by atoms with E-state index >= 15 is 0 Å². The minimum absolute atomic E-state index is 0.633. The van der Waals surface area contributed by atoms with Gasteiger partial charge >= 0.3 is 0 Å². The van der Waals surface area contributed by atoms with Crippen molar-refractivity contribution in [1.29, 1.82) is 0 Å². The quantitative estimate of drug-likeness (QED) is 0.476. The molecule has 112 valence electrons. The zero-order valence-electron chi connectivity index (χ0n) is 12.2. The molecule has 0 amide bonds. The Morgan fingerprint density at radius 3 is 2.71 bits per heavy atom. The average molecular weight is 323 g/mol. The largest absolute Gasteiger partial charge is 0.371 e. The summed E-state index contributed by atoms with van der Waals surface area (Å²) in [4.78, 5) is 6.53. The minimum atomic E-state index is 0.633. The van der Waals surface area contributed by atoms with Crippen LogP contribution in [0.15, 0.2) is 34.7 Å². The number of nitrogens with zero attached hydrogens (tertiary/aromatic N) is 3. The zero-order chi connectivity index (χ0) is 15.1. The molecule has 4 nitrogen and oxygen atoms in total.